The van der Waals surface area contributed by atoms with Crippen LogP contribution in [0, 0.1) is 0 Å². The summed E-state index contributed by atoms with van der Waals surface area (Å²) in [5.74, 6) is -6.69. The molecule has 222 valence electrons. The highest BCUT2D eigenvalue weighted by Gasteiger charge is 2.60. The van der Waals surface area contributed by atoms with Crippen LogP contribution in [0.25, 0.3) is 0 Å². The average molecular weight is 565 g/mol. The minimum absolute atomic E-state index is 0.508. The first kappa shape index (κ1) is 33.6. The first-order valence-corrected chi connectivity index (χ1v) is 11.8. The first-order valence-electron chi connectivity index (χ1n) is 11.8. The Bertz CT molecular complexity index is 923. The van der Waals surface area contributed by atoms with Gasteiger partial charge in [0.05, 0.1) is 13.5 Å². The number of carbonyl (C=O) groups excluding carboxylic acids is 6. The SMILES string of the molecule is COC(=O)[C@]1(OC)C[C@H](OC(C)=O)[C@@H](OC(C)=O)[C@H]([C@H](OC(=O)OC(C)(C)C)[C@@H](COC(C)=O)OC(C)=O)O1. The van der Waals surface area contributed by atoms with Crippen LogP contribution in [-0.4, -0.2) is 98.7 Å². The third-order valence-electron chi connectivity index (χ3n) is 5.01. The molecule has 15 nitrogen and oxygen atoms in total. The summed E-state index contributed by atoms with van der Waals surface area (Å²) in [5, 5.41) is 0. The number of ether oxygens (including phenoxy) is 9. The molecule has 0 amide bonds. The van der Waals surface area contributed by atoms with Gasteiger partial charge in [0, 0.05) is 34.8 Å². The number of carbonyl (C=O) groups is 6. The Morgan fingerprint density at radius 1 is 0.872 bits per heavy atom. The number of rotatable bonds is 10. The first-order chi connectivity index (χ1) is 17.9. The van der Waals surface area contributed by atoms with E-state index in [9.17, 15) is 28.8 Å². The molecule has 0 N–H and O–H groups in total. The Balaban J connectivity index is 3.82. The largest absolute Gasteiger partial charge is 0.509 e. The van der Waals surface area contributed by atoms with Gasteiger partial charge in [-0.05, 0) is 20.8 Å². The van der Waals surface area contributed by atoms with Gasteiger partial charge in [-0.25, -0.2) is 9.59 Å². The van der Waals surface area contributed by atoms with E-state index in [-0.39, 0.29) is 0 Å². The highest BCUT2D eigenvalue weighted by atomic mass is 16.8. The monoisotopic (exact) mass is 564 g/mol. The van der Waals surface area contributed by atoms with E-state index in [1.807, 2.05) is 0 Å². The molecule has 0 aromatic carbocycles. The third-order valence-corrected chi connectivity index (χ3v) is 5.01. The molecule has 39 heavy (non-hydrogen) atoms. The number of esters is 5. The molecule has 0 bridgehead atoms. The number of methoxy groups -OCH3 is 2. The fraction of sp³-hybridized carbons (Fsp3) is 0.750. The van der Waals surface area contributed by atoms with Gasteiger partial charge in [0.2, 0.25) is 0 Å². The minimum atomic E-state index is -2.27. The Kier molecular flexibility index (Phi) is 12.1. The second-order valence-electron chi connectivity index (χ2n) is 9.45. The molecular weight excluding hydrogens is 528 g/mol. The van der Waals surface area contributed by atoms with Crippen LogP contribution in [0.2, 0.25) is 0 Å². The molecule has 0 saturated carbocycles. The summed E-state index contributed by atoms with van der Waals surface area (Å²) in [6.07, 6.45) is -9.88. The summed E-state index contributed by atoms with van der Waals surface area (Å²) < 4.78 is 47.7. The van der Waals surface area contributed by atoms with Crippen LogP contribution >= 0.6 is 0 Å². The van der Waals surface area contributed by atoms with E-state index in [0.29, 0.717) is 0 Å². The second kappa shape index (κ2) is 14.1. The maximum Gasteiger partial charge on any atom is 0.509 e. The third kappa shape index (κ3) is 10.3. The Morgan fingerprint density at radius 2 is 1.46 bits per heavy atom. The molecular formula is C24H36O15. The highest BCUT2D eigenvalue weighted by molar-refractivity contribution is 5.78. The van der Waals surface area contributed by atoms with Gasteiger partial charge in [0.1, 0.15) is 24.4 Å². The van der Waals surface area contributed by atoms with Crippen LogP contribution in [0.4, 0.5) is 4.79 Å². The predicted octanol–water partition coefficient (Wildman–Crippen LogP) is 0.970. The van der Waals surface area contributed by atoms with Crippen molar-refractivity contribution in [3.8, 4) is 0 Å². The van der Waals surface area contributed by atoms with Crippen LogP contribution in [0.3, 0.4) is 0 Å². The van der Waals surface area contributed by atoms with Gasteiger partial charge in [0.25, 0.3) is 5.79 Å². The van der Waals surface area contributed by atoms with Crippen LogP contribution in [0.1, 0.15) is 54.9 Å². The number of hydrogen-bond acceptors (Lipinski definition) is 15. The topological polar surface area (TPSA) is 185 Å². The maximum atomic E-state index is 12.8. The van der Waals surface area contributed by atoms with Crippen molar-refractivity contribution in [3.05, 3.63) is 0 Å². The Morgan fingerprint density at radius 3 is 1.90 bits per heavy atom. The highest BCUT2D eigenvalue weighted by Crippen LogP contribution is 2.38. The summed E-state index contributed by atoms with van der Waals surface area (Å²) in [7, 11) is 2.13. The van der Waals surface area contributed by atoms with Crippen molar-refractivity contribution in [1.29, 1.82) is 0 Å². The summed E-state index contributed by atoms with van der Waals surface area (Å²) >= 11 is 0. The van der Waals surface area contributed by atoms with Crippen molar-refractivity contribution in [2.75, 3.05) is 20.8 Å². The summed E-state index contributed by atoms with van der Waals surface area (Å²) in [6.45, 7) is 8.22. The van der Waals surface area contributed by atoms with E-state index in [0.717, 1.165) is 41.9 Å². The van der Waals surface area contributed by atoms with Gasteiger partial charge in [-0.15, -0.1) is 0 Å². The second-order valence-corrected chi connectivity index (χ2v) is 9.45. The maximum absolute atomic E-state index is 12.8. The standard InChI is InChI=1S/C24H36O15/c1-12(25)33-11-17(35-14(3)27)19(37-22(30)39-23(5,6)7)20-18(36-15(4)28)16(34-13(2)26)10-24(32-9,38-20)21(29)31-8/h16-20H,10-11H2,1-9H3/t16-,17+,18+,19+,20+,24-/m0/s1. The Labute approximate surface area is 225 Å². The van der Waals surface area contributed by atoms with Crippen LogP contribution < -0.4 is 0 Å². The molecule has 0 radical (unpaired) electrons. The van der Waals surface area contributed by atoms with E-state index >= 15 is 0 Å². The van der Waals surface area contributed by atoms with Gasteiger partial charge in [-0.3, -0.25) is 19.2 Å². The molecule has 0 spiro atoms. The predicted molar refractivity (Wildman–Crippen MR) is 126 cm³/mol. The molecule has 0 aliphatic carbocycles. The molecule has 0 aromatic rings. The average Bonchev–Trinajstić information content (AvgIpc) is 2.78. The van der Waals surface area contributed by atoms with Crippen LogP contribution in [0.15, 0.2) is 0 Å². The molecule has 15 heteroatoms. The van der Waals surface area contributed by atoms with Crippen LogP contribution in [0.5, 0.6) is 0 Å². The molecule has 1 aliphatic rings. The summed E-state index contributed by atoms with van der Waals surface area (Å²) in [5.41, 5.74) is -1.04. The quantitative estimate of drug-likeness (QED) is 0.270. The van der Waals surface area contributed by atoms with Gasteiger partial charge in [0.15, 0.2) is 18.3 Å². The normalized spacial score (nSPS) is 24.3. The van der Waals surface area contributed by atoms with Gasteiger partial charge in [-0.2, -0.15) is 0 Å². The van der Waals surface area contributed by atoms with Gasteiger partial charge >= 0.3 is 36.0 Å². The molecule has 1 fully saturated rings. The Hall–Kier alpha value is -3.46. The lowest BCUT2D eigenvalue weighted by Gasteiger charge is -2.47. The molecule has 1 aliphatic heterocycles. The van der Waals surface area contributed by atoms with Crippen LogP contribution in [-0.2, 0) is 66.6 Å². The van der Waals surface area contributed by atoms with Crippen molar-refractivity contribution in [1.82, 2.24) is 0 Å². The molecule has 1 rings (SSSR count). The number of hydrogen-bond donors (Lipinski definition) is 0. The van der Waals surface area contributed by atoms with Crippen molar-refractivity contribution < 1.29 is 71.4 Å². The van der Waals surface area contributed by atoms with E-state index in [1.165, 1.54) is 0 Å². The summed E-state index contributed by atoms with van der Waals surface area (Å²) in [4.78, 5) is 73.2. The molecule has 6 atom stereocenters. The van der Waals surface area contributed by atoms with Crippen molar-refractivity contribution in [3.63, 3.8) is 0 Å². The summed E-state index contributed by atoms with van der Waals surface area (Å²) in [6, 6.07) is 0. The molecule has 1 heterocycles. The van der Waals surface area contributed by atoms with Gasteiger partial charge in [-0.1, -0.05) is 0 Å². The molecule has 1 saturated heterocycles. The van der Waals surface area contributed by atoms with Crippen molar-refractivity contribution in [2.45, 2.75) is 96.8 Å². The lowest BCUT2D eigenvalue weighted by Crippen LogP contribution is -2.66. The van der Waals surface area contributed by atoms with E-state index in [1.54, 1.807) is 20.8 Å². The van der Waals surface area contributed by atoms with E-state index in [2.05, 4.69) is 0 Å². The minimum Gasteiger partial charge on any atom is -0.465 e. The fourth-order valence-corrected chi connectivity index (χ4v) is 3.69. The zero-order chi connectivity index (χ0) is 30.1. The zero-order valence-electron chi connectivity index (χ0n) is 23.4. The van der Waals surface area contributed by atoms with Crippen molar-refractivity contribution >= 4 is 36.0 Å². The smallest absolute Gasteiger partial charge is 0.465 e. The van der Waals surface area contributed by atoms with E-state index in [4.69, 9.17) is 42.6 Å². The molecule has 0 unspecified atom stereocenters. The van der Waals surface area contributed by atoms with E-state index < -0.39 is 90.9 Å². The van der Waals surface area contributed by atoms with Gasteiger partial charge < -0.3 is 42.6 Å². The lowest BCUT2D eigenvalue weighted by atomic mass is 9.90. The lowest BCUT2D eigenvalue weighted by molar-refractivity contribution is -0.324. The zero-order valence-corrected chi connectivity index (χ0v) is 23.4. The molecule has 0 aromatic heterocycles. The fourth-order valence-electron chi connectivity index (χ4n) is 3.69. The van der Waals surface area contributed by atoms with Crippen molar-refractivity contribution in [2.24, 2.45) is 0 Å².